The summed E-state index contributed by atoms with van der Waals surface area (Å²) in [7, 11) is 0. The Hall–Kier alpha value is -2.70. The Labute approximate surface area is 120 Å². The average molecular weight is 285 g/mol. The molecule has 7 nitrogen and oxygen atoms in total. The lowest BCUT2D eigenvalue weighted by Crippen LogP contribution is -2.07. The fraction of sp³-hybridized carbons (Fsp3) is 0.286. The summed E-state index contributed by atoms with van der Waals surface area (Å²) in [4.78, 5) is 15.2. The van der Waals surface area contributed by atoms with E-state index in [9.17, 15) is 4.79 Å². The highest BCUT2D eigenvalue weighted by Crippen LogP contribution is 2.18. The SMILES string of the molecule is Cc1cc2ncn(CCn3cc(C(=O)O)nn3)c2cc1C. The van der Waals surface area contributed by atoms with Gasteiger partial charge in [-0.1, -0.05) is 5.21 Å². The lowest BCUT2D eigenvalue weighted by Gasteiger charge is -2.05. The van der Waals surface area contributed by atoms with Crippen LogP contribution >= 0.6 is 0 Å². The Balaban J connectivity index is 1.81. The van der Waals surface area contributed by atoms with E-state index in [0.717, 1.165) is 11.0 Å². The van der Waals surface area contributed by atoms with E-state index >= 15 is 0 Å². The Bertz CT molecular complexity index is 818. The molecule has 0 aliphatic rings. The molecule has 0 atom stereocenters. The fourth-order valence-electron chi connectivity index (χ4n) is 2.21. The Morgan fingerprint density at radius 2 is 2.00 bits per heavy atom. The Kier molecular flexibility index (Phi) is 3.17. The molecule has 0 aliphatic carbocycles. The number of hydrogen-bond donors (Lipinski definition) is 1. The van der Waals surface area contributed by atoms with Gasteiger partial charge in [0.1, 0.15) is 0 Å². The number of aryl methyl sites for hydroxylation is 4. The van der Waals surface area contributed by atoms with Crippen molar-refractivity contribution < 1.29 is 9.90 Å². The van der Waals surface area contributed by atoms with E-state index in [2.05, 4.69) is 41.3 Å². The van der Waals surface area contributed by atoms with Gasteiger partial charge in [-0.15, -0.1) is 5.10 Å². The molecule has 0 aliphatic heterocycles. The zero-order valence-electron chi connectivity index (χ0n) is 11.8. The molecule has 2 aromatic heterocycles. The summed E-state index contributed by atoms with van der Waals surface area (Å²) in [5, 5.41) is 16.2. The number of carbonyl (C=O) groups is 1. The van der Waals surface area contributed by atoms with Gasteiger partial charge in [-0.3, -0.25) is 0 Å². The predicted octanol–water partition coefficient (Wildman–Crippen LogP) is 1.64. The number of hydrogen-bond acceptors (Lipinski definition) is 4. The van der Waals surface area contributed by atoms with E-state index in [1.165, 1.54) is 22.0 Å². The third-order valence-electron chi connectivity index (χ3n) is 3.56. The molecule has 21 heavy (non-hydrogen) atoms. The molecular formula is C14H15N5O2. The summed E-state index contributed by atoms with van der Waals surface area (Å²) in [6.45, 7) is 5.33. The highest BCUT2D eigenvalue weighted by atomic mass is 16.4. The second-order valence-electron chi connectivity index (χ2n) is 5.04. The summed E-state index contributed by atoms with van der Waals surface area (Å²) in [6, 6.07) is 4.18. The van der Waals surface area contributed by atoms with Crippen molar-refractivity contribution in [3.05, 3.63) is 41.5 Å². The van der Waals surface area contributed by atoms with Crippen molar-refractivity contribution in [3.8, 4) is 0 Å². The van der Waals surface area contributed by atoms with Crippen molar-refractivity contribution in [2.24, 2.45) is 0 Å². The Morgan fingerprint density at radius 1 is 1.24 bits per heavy atom. The first-order valence-electron chi connectivity index (χ1n) is 6.60. The van der Waals surface area contributed by atoms with Crippen LogP contribution in [0.3, 0.4) is 0 Å². The summed E-state index contributed by atoms with van der Waals surface area (Å²) >= 11 is 0. The molecule has 1 aromatic carbocycles. The predicted molar refractivity (Wildman–Crippen MR) is 76.2 cm³/mol. The highest BCUT2D eigenvalue weighted by molar-refractivity contribution is 5.84. The van der Waals surface area contributed by atoms with E-state index in [-0.39, 0.29) is 5.69 Å². The van der Waals surface area contributed by atoms with Gasteiger partial charge in [-0.25, -0.2) is 14.5 Å². The number of imidazole rings is 1. The number of benzene rings is 1. The van der Waals surface area contributed by atoms with E-state index < -0.39 is 5.97 Å². The van der Waals surface area contributed by atoms with Crippen LogP contribution in [-0.4, -0.2) is 35.6 Å². The summed E-state index contributed by atoms with van der Waals surface area (Å²) < 4.78 is 3.56. The van der Waals surface area contributed by atoms with Crippen molar-refractivity contribution in [2.75, 3.05) is 0 Å². The third-order valence-corrected chi connectivity index (χ3v) is 3.56. The second-order valence-corrected chi connectivity index (χ2v) is 5.04. The number of aromatic nitrogens is 5. The van der Waals surface area contributed by atoms with Gasteiger partial charge in [-0.2, -0.15) is 0 Å². The first-order valence-corrected chi connectivity index (χ1v) is 6.60. The molecule has 2 heterocycles. The van der Waals surface area contributed by atoms with Crippen LogP contribution in [0.15, 0.2) is 24.7 Å². The van der Waals surface area contributed by atoms with Crippen molar-refractivity contribution in [2.45, 2.75) is 26.9 Å². The van der Waals surface area contributed by atoms with Crippen LogP contribution in [0.25, 0.3) is 11.0 Å². The molecule has 3 rings (SSSR count). The molecule has 7 heteroatoms. The van der Waals surface area contributed by atoms with Crippen molar-refractivity contribution >= 4 is 17.0 Å². The molecule has 0 saturated carbocycles. The molecule has 0 radical (unpaired) electrons. The van der Waals surface area contributed by atoms with Gasteiger partial charge in [0.15, 0.2) is 5.69 Å². The molecule has 108 valence electrons. The third kappa shape index (κ3) is 2.49. The van der Waals surface area contributed by atoms with Crippen LogP contribution in [0.4, 0.5) is 0 Å². The van der Waals surface area contributed by atoms with Gasteiger partial charge in [0, 0.05) is 6.54 Å². The minimum Gasteiger partial charge on any atom is -0.476 e. The molecule has 0 fully saturated rings. The summed E-state index contributed by atoms with van der Waals surface area (Å²) in [6.07, 6.45) is 3.22. The van der Waals surface area contributed by atoms with Crippen LogP contribution in [0.1, 0.15) is 21.6 Å². The van der Waals surface area contributed by atoms with E-state index in [1.54, 1.807) is 6.33 Å². The maximum Gasteiger partial charge on any atom is 0.358 e. The molecule has 3 aromatic rings. The molecule has 1 N–H and O–H groups in total. The molecule has 0 bridgehead atoms. The van der Waals surface area contributed by atoms with Gasteiger partial charge >= 0.3 is 5.97 Å². The minimum absolute atomic E-state index is 0.0445. The normalized spacial score (nSPS) is 11.1. The maximum absolute atomic E-state index is 10.8. The van der Waals surface area contributed by atoms with Crippen LogP contribution in [-0.2, 0) is 13.1 Å². The monoisotopic (exact) mass is 285 g/mol. The van der Waals surface area contributed by atoms with Gasteiger partial charge in [0.05, 0.1) is 30.1 Å². The standard InChI is InChI=1S/C14H15N5O2/c1-9-5-11-13(6-10(9)2)18(8-15-11)3-4-19-7-12(14(20)21)16-17-19/h5-8H,3-4H2,1-2H3,(H,20,21). The zero-order chi connectivity index (χ0) is 15.0. The first kappa shape index (κ1) is 13.3. The quantitative estimate of drug-likeness (QED) is 0.787. The van der Waals surface area contributed by atoms with Crippen molar-refractivity contribution in [1.29, 1.82) is 0 Å². The van der Waals surface area contributed by atoms with Gasteiger partial charge in [0.2, 0.25) is 0 Å². The molecule has 0 spiro atoms. The Morgan fingerprint density at radius 3 is 2.71 bits per heavy atom. The fourth-order valence-corrected chi connectivity index (χ4v) is 2.21. The lowest BCUT2D eigenvalue weighted by molar-refractivity contribution is 0.0690. The van der Waals surface area contributed by atoms with Gasteiger partial charge < -0.3 is 9.67 Å². The summed E-state index contributed by atoms with van der Waals surface area (Å²) in [5.41, 5.74) is 4.42. The highest BCUT2D eigenvalue weighted by Gasteiger charge is 2.09. The lowest BCUT2D eigenvalue weighted by atomic mass is 10.1. The van der Waals surface area contributed by atoms with Gasteiger partial charge in [-0.05, 0) is 37.1 Å². The van der Waals surface area contributed by atoms with Crippen molar-refractivity contribution in [3.63, 3.8) is 0 Å². The molecule has 0 saturated heterocycles. The van der Waals surface area contributed by atoms with Crippen LogP contribution in [0.2, 0.25) is 0 Å². The van der Waals surface area contributed by atoms with Crippen molar-refractivity contribution in [1.82, 2.24) is 24.5 Å². The maximum atomic E-state index is 10.8. The topological polar surface area (TPSA) is 85.8 Å². The van der Waals surface area contributed by atoms with Crippen LogP contribution < -0.4 is 0 Å². The number of carboxylic acids is 1. The molecule has 0 unspecified atom stereocenters. The number of aromatic carboxylic acids is 1. The summed E-state index contributed by atoms with van der Waals surface area (Å²) in [5.74, 6) is -1.07. The number of fused-ring (bicyclic) bond motifs is 1. The van der Waals surface area contributed by atoms with Gasteiger partial charge in [0.25, 0.3) is 0 Å². The smallest absolute Gasteiger partial charge is 0.358 e. The first-order chi connectivity index (χ1) is 10.0. The van der Waals surface area contributed by atoms with E-state index in [4.69, 9.17) is 5.11 Å². The van der Waals surface area contributed by atoms with Crippen LogP contribution in [0, 0.1) is 13.8 Å². The van der Waals surface area contributed by atoms with Crippen LogP contribution in [0.5, 0.6) is 0 Å². The van der Waals surface area contributed by atoms with E-state index in [1.807, 2.05) is 4.57 Å². The second kappa shape index (κ2) is 5.01. The molecule has 0 amide bonds. The average Bonchev–Trinajstić information content (AvgIpc) is 3.04. The zero-order valence-corrected chi connectivity index (χ0v) is 11.8. The molecular weight excluding hydrogens is 270 g/mol. The largest absolute Gasteiger partial charge is 0.476 e. The minimum atomic E-state index is -1.07. The number of carboxylic acid groups (broad SMARTS) is 1. The number of rotatable bonds is 4. The number of nitrogens with zero attached hydrogens (tertiary/aromatic N) is 5. The van der Waals surface area contributed by atoms with E-state index in [0.29, 0.717) is 13.1 Å².